The molecule has 0 fully saturated rings. The van der Waals surface area contributed by atoms with Gasteiger partial charge in [-0.2, -0.15) is 15.0 Å². The quantitative estimate of drug-likeness (QED) is 0.480. The Kier molecular flexibility index (Phi) is 5.01. The number of nitrogens with zero attached hydrogens (tertiary/aromatic N) is 3. The van der Waals surface area contributed by atoms with Gasteiger partial charge in [-0.25, -0.2) is 0 Å². The van der Waals surface area contributed by atoms with Gasteiger partial charge >= 0.3 is 0 Å². The van der Waals surface area contributed by atoms with Crippen LogP contribution >= 0.6 is 11.8 Å². The van der Waals surface area contributed by atoms with E-state index in [1.807, 2.05) is 36.9 Å². The first-order valence-electron chi connectivity index (χ1n) is 8.80. The van der Waals surface area contributed by atoms with E-state index < -0.39 is 0 Å². The smallest absolute Gasteiger partial charge is 0.233 e. The summed E-state index contributed by atoms with van der Waals surface area (Å²) in [5.74, 6) is 2.27. The highest BCUT2D eigenvalue weighted by Gasteiger charge is 2.17. The van der Waals surface area contributed by atoms with Crippen LogP contribution in [0.25, 0.3) is 0 Å². The van der Waals surface area contributed by atoms with E-state index in [0.29, 0.717) is 29.8 Å². The van der Waals surface area contributed by atoms with Crippen LogP contribution in [0.3, 0.4) is 0 Å². The number of thioether (sulfide) groups is 1. The zero-order valence-corrected chi connectivity index (χ0v) is 15.9. The maximum absolute atomic E-state index is 5.34. The summed E-state index contributed by atoms with van der Waals surface area (Å²) in [6.45, 7) is 5.36. The van der Waals surface area contributed by atoms with Gasteiger partial charge in [0.05, 0.1) is 23.9 Å². The molecule has 27 heavy (non-hydrogen) atoms. The van der Waals surface area contributed by atoms with E-state index in [0.717, 1.165) is 23.7 Å². The fraction of sp³-hybridized carbons (Fsp3) is 0.278. The Morgan fingerprint density at radius 3 is 2.70 bits per heavy atom. The van der Waals surface area contributed by atoms with Gasteiger partial charge < -0.3 is 25.7 Å². The summed E-state index contributed by atoms with van der Waals surface area (Å²) in [6.07, 6.45) is 1.64. The molecule has 0 aliphatic carbocycles. The molecule has 4 N–H and O–H groups in total. The Balaban J connectivity index is 1.53. The number of hydrogen-bond acceptors (Lipinski definition) is 9. The SMILES string of the molecule is CCNc1nc(NCc2ccco2)nc(Nc2ccc3c(c2)NC(C)S3)n1. The Morgan fingerprint density at radius 2 is 1.93 bits per heavy atom. The van der Waals surface area contributed by atoms with Crippen LogP contribution in [0.2, 0.25) is 0 Å². The first-order chi connectivity index (χ1) is 13.2. The van der Waals surface area contributed by atoms with Crippen molar-refractivity contribution >= 4 is 41.0 Å². The molecule has 3 aromatic rings. The number of benzene rings is 1. The fourth-order valence-electron chi connectivity index (χ4n) is 2.72. The van der Waals surface area contributed by atoms with Gasteiger partial charge in [-0.05, 0) is 44.2 Å². The molecule has 3 heterocycles. The second kappa shape index (κ2) is 7.75. The zero-order valence-electron chi connectivity index (χ0n) is 15.1. The van der Waals surface area contributed by atoms with Crippen molar-refractivity contribution in [2.75, 3.05) is 27.8 Å². The average molecular weight is 383 g/mol. The van der Waals surface area contributed by atoms with Crippen LogP contribution in [0.15, 0.2) is 45.9 Å². The van der Waals surface area contributed by atoms with Gasteiger partial charge in [0.1, 0.15) is 5.76 Å². The molecular formula is C18H21N7OS. The summed E-state index contributed by atoms with van der Waals surface area (Å²) in [5.41, 5.74) is 2.04. The van der Waals surface area contributed by atoms with E-state index in [-0.39, 0.29) is 0 Å². The maximum atomic E-state index is 5.34. The Bertz CT molecular complexity index is 916. The van der Waals surface area contributed by atoms with E-state index in [1.54, 1.807) is 6.26 Å². The number of nitrogens with one attached hydrogen (secondary N) is 4. The van der Waals surface area contributed by atoms with Crippen molar-refractivity contribution in [1.29, 1.82) is 0 Å². The van der Waals surface area contributed by atoms with E-state index >= 15 is 0 Å². The highest BCUT2D eigenvalue weighted by molar-refractivity contribution is 8.00. The summed E-state index contributed by atoms with van der Waals surface area (Å²) in [4.78, 5) is 14.5. The maximum Gasteiger partial charge on any atom is 0.233 e. The summed E-state index contributed by atoms with van der Waals surface area (Å²) in [5, 5.41) is 13.4. The van der Waals surface area contributed by atoms with Crippen molar-refractivity contribution in [3.05, 3.63) is 42.4 Å². The van der Waals surface area contributed by atoms with Gasteiger partial charge in [-0.3, -0.25) is 0 Å². The van der Waals surface area contributed by atoms with E-state index in [1.165, 1.54) is 4.90 Å². The third kappa shape index (κ3) is 4.25. The molecule has 8 nitrogen and oxygen atoms in total. The number of aromatic nitrogens is 3. The van der Waals surface area contributed by atoms with Crippen LogP contribution in [-0.4, -0.2) is 26.9 Å². The van der Waals surface area contributed by atoms with Crippen LogP contribution in [-0.2, 0) is 6.54 Å². The zero-order chi connectivity index (χ0) is 18.6. The average Bonchev–Trinajstić information content (AvgIpc) is 3.28. The summed E-state index contributed by atoms with van der Waals surface area (Å²) >= 11 is 1.81. The number of rotatable bonds is 7. The third-order valence-corrected chi connectivity index (χ3v) is 4.95. The van der Waals surface area contributed by atoms with Gasteiger partial charge in [0.2, 0.25) is 17.8 Å². The van der Waals surface area contributed by atoms with Crippen molar-refractivity contribution in [1.82, 2.24) is 15.0 Å². The van der Waals surface area contributed by atoms with Crippen LogP contribution in [0, 0.1) is 0 Å². The fourth-order valence-corrected chi connectivity index (χ4v) is 3.68. The highest BCUT2D eigenvalue weighted by atomic mass is 32.2. The van der Waals surface area contributed by atoms with Crippen LogP contribution in [0.4, 0.5) is 29.2 Å². The lowest BCUT2D eigenvalue weighted by atomic mass is 10.2. The second-order valence-corrected chi connectivity index (χ2v) is 7.39. The minimum Gasteiger partial charge on any atom is -0.467 e. The monoisotopic (exact) mass is 383 g/mol. The Labute approximate surface area is 161 Å². The predicted octanol–water partition coefficient (Wildman–Crippen LogP) is 4.12. The first-order valence-corrected chi connectivity index (χ1v) is 9.68. The van der Waals surface area contributed by atoms with E-state index in [9.17, 15) is 0 Å². The van der Waals surface area contributed by atoms with Crippen molar-refractivity contribution < 1.29 is 4.42 Å². The first kappa shape index (κ1) is 17.5. The molecular weight excluding hydrogens is 362 g/mol. The summed E-state index contributed by atoms with van der Waals surface area (Å²) < 4.78 is 5.34. The highest BCUT2D eigenvalue weighted by Crippen LogP contribution is 2.39. The largest absolute Gasteiger partial charge is 0.467 e. The number of furan rings is 1. The molecule has 2 aromatic heterocycles. The lowest BCUT2D eigenvalue weighted by Gasteiger charge is -2.11. The third-order valence-electron chi connectivity index (χ3n) is 3.87. The molecule has 0 amide bonds. The lowest BCUT2D eigenvalue weighted by molar-refractivity contribution is 0.517. The van der Waals surface area contributed by atoms with Crippen molar-refractivity contribution in [3.8, 4) is 0 Å². The molecule has 140 valence electrons. The molecule has 9 heteroatoms. The van der Waals surface area contributed by atoms with Gasteiger partial charge in [-0.1, -0.05) is 11.8 Å². The second-order valence-electron chi connectivity index (χ2n) is 6.01. The molecule has 0 saturated heterocycles. The minimum atomic E-state index is 0.380. The molecule has 0 bridgehead atoms. The lowest BCUT2D eigenvalue weighted by Crippen LogP contribution is -2.11. The molecule has 1 unspecified atom stereocenters. The topological polar surface area (TPSA) is 99.9 Å². The van der Waals surface area contributed by atoms with E-state index in [4.69, 9.17) is 4.42 Å². The normalized spacial score (nSPS) is 15.1. The molecule has 1 aromatic carbocycles. The number of fused-ring (bicyclic) bond motifs is 1. The van der Waals surface area contributed by atoms with Crippen molar-refractivity contribution in [2.24, 2.45) is 0 Å². The summed E-state index contributed by atoms with van der Waals surface area (Å²) in [7, 11) is 0. The number of anilines is 5. The molecule has 0 spiro atoms. The minimum absolute atomic E-state index is 0.380. The molecule has 1 aliphatic rings. The predicted molar refractivity (Wildman–Crippen MR) is 109 cm³/mol. The van der Waals surface area contributed by atoms with E-state index in [2.05, 4.69) is 55.3 Å². The van der Waals surface area contributed by atoms with Gasteiger partial charge in [-0.15, -0.1) is 0 Å². The van der Waals surface area contributed by atoms with Crippen LogP contribution < -0.4 is 21.3 Å². The van der Waals surface area contributed by atoms with Crippen molar-refractivity contribution in [3.63, 3.8) is 0 Å². The molecule has 0 saturated carbocycles. The molecule has 1 aliphatic heterocycles. The molecule has 0 radical (unpaired) electrons. The Morgan fingerprint density at radius 1 is 1.11 bits per heavy atom. The number of hydrogen-bond donors (Lipinski definition) is 4. The van der Waals surface area contributed by atoms with Gasteiger partial charge in [0.15, 0.2) is 0 Å². The van der Waals surface area contributed by atoms with Crippen LogP contribution in [0.1, 0.15) is 19.6 Å². The van der Waals surface area contributed by atoms with Crippen LogP contribution in [0.5, 0.6) is 0 Å². The van der Waals surface area contributed by atoms with Crippen molar-refractivity contribution in [2.45, 2.75) is 30.7 Å². The van der Waals surface area contributed by atoms with Gasteiger partial charge in [0.25, 0.3) is 0 Å². The molecule has 1 atom stereocenters. The summed E-state index contributed by atoms with van der Waals surface area (Å²) in [6, 6.07) is 9.94. The Hall–Kier alpha value is -2.94. The standard InChI is InChI=1S/C18H21N7OS/c1-3-19-16-23-17(20-10-13-5-4-8-26-13)25-18(24-16)22-12-6-7-15-14(9-12)21-11(2)27-15/h4-9,11,21H,3,10H2,1-2H3,(H3,19,20,22,23,24,25). The molecule has 4 rings (SSSR count). The van der Waals surface area contributed by atoms with Gasteiger partial charge in [0, 0.05) is 17.1 Å².